The first-order chi connectivity index (χ1) is 8.16. The van der Waals surface area contributed by atoms with Crippen molar-refractivity contribution < 1.29 is 9.53 Å². The number of carbonyl (C=O) groups is 1. The van der Waals surface area contributed by atoms with Gasteiger partial charge in [-0.1, -0.05) is 0 Å². The second kappa shape index (κ2) is 5.14. The maximum Gasteiger partial charge on any atom is 0.253 e. The molecule has 1 amide bonds. The van der Waals surface area contributed by atoms with E-state index in [9.17, 15) is 4.79 Å². The van der Waals surface area contributed by atoms with Crippen LogP contribution < -0.4 is 11.1 Å². The lowest BCUT2D eigenvalue weighted by Gasteiger charge is -2.19. The standard InChI is InChI=1S/C12H17N3O2/c1-8(10-3-2-6-17-10)15-12(16)9-4-5-11(13)14-7-9/h4-5,7-8,10H,2-3,6H2,1H3,(H2,13,14)(H,15,16). The minimum Gasteiger partial charge on any atom is -0.384 e. The molecular weight excluding hydrogens is 218 g/mol. The SMILES string of the molecule is CC(NC(=O)c1ccc(N)nc1)C1CCCO1. The highest BCUT2D eigenvalue weighted by Crippen LogP contribution is 2.15. The summed E-state index contributed by atoms with van der Waals surface area (Å²) in [5.74, 6) is 0.272. The zero-order chi connectivity index (χ0) is 12.3. The van der Waals surface area contributed by atoms with Gasteiger partial charge in [0.15, 0.2) is 0 Å². The van der Waals surface area contributed by atoms with E-state index in [2.05, 4.69) is 10.3 Å². The van der Waals surface area contributed by atoms with Gasteiger partial charge in [-0.3, -0.25) is 4.79 Å². The van der Waals surface area contributed by atoms with Crippen LogP contribution in [0.15, 0.2) is 18.3 Å². The number of ether oxygens (including phenoxy) is 1. The van der Waals surface area contributed by atoms with Crippen LogP contribution in [0.2, 0.25) is 0 Å². The molecule has 3 N–H and O–H groups in total. The molecule has 1 aliphatic rings. The molecule has 1 aliphatic heterocycles. The fraction of sp³-hybridized carbons (Fsp3) is 0.500. The minimum absolute atomic E-state index is 0.0163. The monoisotopic (exact) mass is 235 g/mol. The van der Waals surface area contributed by atoms with E-state index < -0.39 is 0 Å². The van der Waals surface area contributed by atoms with Crippen molar-refractivity contribution in [2.24, 2.45) is 0 Å². The van der Waals surface area contributed by atoms with E-state index >= 15 is 0 Å². The van der Waals surface area contributed by atoms with Crippen molar-refractivity contribution in [1.82, 2.24) is 10.3 Å². The molecule has 5 heteroatoms. The molecule has 0 spiro atoms. The summed E-state index contributed by atoms with van der Waals surface area (Å²) in [6.07, 6.45) is 3.67. The number of amides is 1. The number of rotatable bonds is 3. The van der Waals surface area contributed by atoms with Gasteiger partial charge in [0.1, 0.15) is 5.82 Å². The van der Waals surface area contributed by atoms with Crippen LogP contribution in [0.1, 0.15) is 30.1 Å². The zero-order valence-electron chi connectivity index (χ0n) is 9.85. The van der Waals surface area contributed by atoms with Crippen molar-refractivity contribution in [2.75, 3.05) is 12.3 Å². The Bertz CT molecular complexity index is 385. The number of hydrogen-bond acceptors (Lipinski definition) is 4. The minimum atomic E-state index is -0.138. The number of nitrogens with zero attached hydrogens (tertiary/aromatic N) is 1. The molecule has 1 fully saturated rings. The van der Waals surface area contributed by atoms with E-state index in [0.717, 1.165) is 19.4 Å². The first kappa shape index (κ1) is 11.9. The van der Waals surface area contributed by atoms with Crippen LogP contribution in [0.5, 0.6) is 0 Å². The van der Waals surface area contributed by atoms with E-state index in [1.165, 1.54) is 6.20 Å². The van der Waals surface area contributed by atoms with Crippen molar-refractivity contribution >= 4 is 11.7 Å². The van der Waals surface area contributed by atoms with Gasteiger partial charge in [-0.2, -0.15) is 0 Å². The second-order valence-electron chi connectivity index (χ2n) is 4.29. The van der Waals surface area contributed by atoms with Crippen LogP contribution in [0.3, 0.4) is 0 Å². The Hall–Kier alpha value is -1.62. The second-order valence-corrected chi connectivity index (χ2v) is 4.29. The van der Waals surface area contributed by atoms with Crippen LogP contribution >= 0.6 is 0 Å². The van der Waals surface area contributed by atoms with Crippen molar-refractivity contribution in [1.29, 1.82) is 0 Å². The van der Waals surface area contributed by atoms with Gasteiger partial charge in [0.25, 0.3) is 5.91 Å². The number of aromatic nitrogens is 1. The quantitative estimate of drug-likeness (QED) is 0.818. The van der Waals surface area contributed by atoms with Crippen LogP contribution in [0.4, 0.5) is 5.82 Å². The molecular formula is C12H17N3O2. The van der Waals surface area contributed by atoms with E-state index in [-0.39, 0.29) is 18.1 Å². The molecule has 2 heterocycles. The molecule has 1 aromatic heterocycles. The largest absolute Gasteiger partial charge is 0.384 e. The summed E-state index contributed by atoms with van der Waals surface area (Å²) in [6.45, 7) is 2.74. The Balaban J connectivity index is 1.94. The van der Waals surface area contributed by atoms with Gasteiger partial charge in [-0.25, -0.2) is 4.98 Å². The first-order valence-electron chi connectivity index (χ1n) is 5.81. The molecule has 2 rings (SSSR count). The van der Waals surface area contributed by atoms with Gasteiger partial charge >= 0.3 is 0 Å². The fourth-order valence-electron chi connectivity index (χ4n) is 1.92. The van der Waals surface area contributed by atoms with Crippen molar-refractivity contribution in [2.45, 2.75) is 31.9 Å². The third-order valence-electron chi connectivity index (χ3n) is 2.93. The summed E-state index contributed by atoms with van der Waals surface area (Å²) in [7, 11) is 0. The molecule has 1 aromatic rings. The lowest BCUT2D eigenvalue weighted by molar-refractivity contribution is 0.0712. The maximum absolute atomic E-state index is 11.9. The van der Waals surface area contributed by atoms with Crippen molar-refractivity contribution in [3.63, 3.8) is 0 Å². The summed E-state index contributed by atoms with van der Waals surface area (Å²) < 4.78 is 5.52. The molecule has 1 saturated heterocycles. The predicted molar refractivity (Wildman–Crippen MR) is 64.6 cm³/mol. The van der Waals surface area contributed by atoms with E-state index in [4.69, 9.17) is 10.5 Å². The summed E-state index contributed by atoms with van der Waals surface area (Å²) in [4.78, 5) is 15.8. The van der Waals surface area contributed by atoms with Gasteiger partial charge in [0, 0.05) is 12.8 Å². The Kier molecular flexibility index (Phi) is 3.58. The molecule has 17 heavy (non-hydrogen) atoms. The molecule has 92 valence electrons. The molecule has 2 atom stereocenters. The van der Waals surface area contributed by atoms with E-state index in [1.807, 2.05) is 6.92 Å². The van der Waals surface area contributed by atoms with E-state index in [1.54, 1.807) is 12.1 Å². The highest BCUT2D eigenvalue weighted by Gasteiger charge is 2.23. The molecule has 5 nitrogen and oxygen atoms in total. The Morgan fingerprint density at radius 3 is 3.06 bits per heavy atom. The van der Waals surface area contributed by atoms with Gasteiger partial charge in [-0.15, -0.1) is 0 Å². The molecule has 0 bridgehead atoms. The summed E-state index contributed by atoms with van der Waals surface area (Å²) >= 11 is 0. The van der Waals surface area contributed by atoms with Crippen LogP contribution in [-0.4, -0.2) is 29.6 Å². The predicted octanol–water partition coefficient (Wildman–Crippen LogP) is 0.961. The number of carbonyl (C=O) groups excluding carboxylic acids is 1. The van der Waals surface area contributed by atoms with E-state index in [0.29, 0.717) is 11.4 Å². The summed E-state index contributed by atoms with van der Waals surface area (Å²) in [6, 6.07) is 3.30. The Morgan fingerprint density at radius 2 is 2.47 bits per heavy atom. The van der Waals surface area contributed by atoms with Crippen LogP contribution in [0.25, 0.3) is 0 Å². The third-order valence-corrected chi connectivity index (χ3v) is 2.93. The smallest absolute Gasteiger partial charge is 0.253 e. The molecule has 0 radical (unpaired) electrons. The molecule has 0 aromatic carbocycles. The molecule has 2 unspecified atom stereocenters. The molecule has 0 aliphatic carbocycles. The van der Waals surface area contributed by atoms with Gasteiger partial charge in [0.2, 0.25) is 0 Å². The lowest BCUT2D eigenvalue weighted by Crippen LogP contribution is -2.40. The Labute approximate surface area is 100 Å². The number of nitrogens with two attached hydrogens (primary N) is 1. The number of hydrogen-bond donors (Lipinski definition) is 2. The topological polar surface area (TPSA) is 77.2 Å². The summed E-state index contributed by atoms with van der Waals surface area (Å²) in [5.41, 5.74) is 5.98. The average Bonchev–Trinajstić information content (AvgIpc) is 2.83. The summed E-state index contributed by atoms with van der Waals surface area (Å²) in [5, 5.41) is 2.91. The highest BCUT2D eigenvalue weighted by molar-refractivity contribution is 5.94. The number of nitrogens with one attached hydrogen (secondary N) is 1. The fourth-order valence-corrected chi connectivity index (χ4v) is 1.92. The van der Waals surface area contributed by atoms with Crippen molar-refractivity contribution in [3.8, 4) is 0 Å². The van der Waals surface area contributed by atoms with Crippen LogP contribution in [0, 0.1) is 0 Å². The maximum atomic E-state index is 11.9. The normalized spacial score (nSPS) is 21.1. The first-order valence-corrected chi connectivity index (χ1v) is 5.81. The third kappa shape index (κ3) is 2.94. The number of anilines is 1. The lowest BCUT2D eigenvalue weighted by atomic mass is 10.1. The van der Waals surface area contributed by atoms with Crippen molar-refractivity contribution in [3.05, 3.63) is 23.9 Å². The average molecular weight is 235 g/mol. The van der Waals surface area contributed by atoms with Gasteiger partial charge in [-0.05, 0) is 31.9 Å². The Morgan fingerprint density at radius 1 is 1.65 bits per heavy atom. The van der Waals surface area contributed by atoms with Crippen LogP contribution in [-0.2, 0) is 4.74 Å². The van der Waals surface area contributed by atoms with Gasteiger partial charge < -0.3 is 15.8 Å². The zero-order valence-corrected chi connectivity index (χ0v) is 9.85. The molecule has 0 saturated carbocycles. The van der Waals surface area contributed by atoms with Gasteiger partial charge in [0.05, 0.1) is 17.7 Å². The number of nitrogen functional groups attached to an aromatic ring is 1. The highest BCUT2D eigenvalue weighted by atomic mass is 16.5. The number of pyridine rings is 1.